The van der Waals surface area contributed by atoms with Crippen molar-refractivity contribution in [3.63, 3.8) is 0 Å². The van der Waals surface area contributed by atoms with Crippen LogP contribution >= 0.6 is 0 Å². The second kappa shape index (κ2) is 6.11. The number of hydrogen-bond donors (Lipinski definition) is 1. The lowest BCUT2D eigenvalue weighted by Gasteiger charge is -2.19. The number of aromatic nitrogens is 4. The minimum Gasteiger partial charge on any atom is -0.343 e. The van der Waals surface area contributed by atoms with Gasteiger partial charge in [0.05, 0.1) is 0 Å². The summed E-state index contributed by atoms with van der Waals surface area (Å²) >= 11 is 0. The number of nitrogens with zero attached hydrogens (tertiary/aromatic N) is 4. The van der Waals surface area contributed by atoms with Crippen LogP contribution in [0.25, 0.3) is 17.2 Å². The maximum atomic E-state index is 13.1. The second-order valence-electron chi connectivity index (χ2n) is 6.39. The maximum absolute atomic E-state index is 13.1. The van der Waals surface area contributed by atoms with E-state index in [1.807, 2.05) is 34.6 Å². The van der Waals surface area contributed by atoms with E-state index in [0.29, 0.717) is 11.5 Å². The van der Waals surface area contributed by atoms with Gasteiger partial charge < -0.3 is 9.88 Å². The first-order chi connectivity index (χ1) is 11.7. The average molecular weight is 323 g/mol. The van der Waals surface area contributed by atoms with Crippen molar-refractivity contribution in [3.05, 3.63) is 42.0 Å². The molecule has 4 heterocycles. The van der Waals surface area contributed by atoms with Gasteiger partial charge in [-0.1, -0.05) is 12.8 Å². The minimum absolute atomic E-state index is 0.00431. The van der Waals surface area contributed by atoms with Gasteiger partial charge in [0, 0.05) is 31.7 Å². The molecule has 6 nitrogen and oxygen atoms in total. The molecule has 1 amide bonds. The summed E-state index contributed by atoms with van der Waals surface area (Å²) in [6, 6.07) is 4.01. The van der Waals surface area contributed by atoms with Crippen molar-refractivity contribution in [1.82, 2.24) is 24.3 Å². The van der Waals surface area contributed by atoms with Crippen LogP contribution in [0.15, 0.2) is 30.7 Å². The first-order valence-corrected chi connectivity index (χ1v) is 8.52. The maximum Gasteiger partial charge on any atom is 0.274 e. The fourth-order valence-corrected chi connectivity index (χ4v) is 3.34. The van der Waals surface area contributed by atoms with E-state index >= 15 is 0 Å². The van der Waals surface area contributed by atoms with Crippen LogP contribution in [0.2, 0.25) is 0 Å². The van der Waals surface area contributed by atoms with Crippen molar-refractivity contribution in [2.24, 2.45) is 0 Å². The number of amides is 1. The SMILES string of the molecule is Cc1ccn2c(-c3ncc[nH]3)c(C(=O)N3CCCCCC3)nc2c1. The Kier molecular flexibility index (Phi) is 3.80. The molecule has 0 unspecified atom stereocenters. The third kappa shape index (κ3) is 2.58. The first kappa shape index (κ1) is 14.9. The highest BCUT2D eigenvalue weighted by Gasteiger charge is 2.26. The van der Waals surface area contributed by atoms with E-state index in [-0.39, 0.29) is 5.91 Å². The van der Waals surface area contributed by atoms with E-state index in [1.54, 1.807) is 12.4 Å². The highest BCUT2D eigenvalue weighted by molar-refractivity contribution is 5.98. The molecule has 1 N–H and O–H groups in total. The van der Waals surface area contributed by atoms with Gasteiger partial charge in [-0.3, -0.25) is 9.20 Å². The first-order valence-electron chi connectivity index (χ1n) is 8.52. The lowest BCUT2D eigenvalue weighted by Crippen LogP contribution is -2.32. The number of nitrogens with one attached hydrogen (secondary N) is 1. The molecule has 0 atom stereocenters. The molecule has 0 saturated carbocycles. The van der Waals surface area contributed by atoms with Gasteiger partial charge in [-0.2, -0.15) is 0 Å². The van der Waals surface area contributed by atoms with E-state index in [2.05, 4.69) is 15.0 Å². The summed E-state index contributed by atoms with van der Waals surface area (Å²) in [5.74, 6) is 0.675. The average Bonchev–Trinajstić information content (AvgIpc) is 3.13. The molecule has 0 aliphatic carbocycles. The Balaban J connectivity index is 1.84. The van der Waals surface area contributed by atoms with Crippen LogP contribution < -0.4 is 0 Å². The third-order valence-corrected chi connectivity index (χ3v) is 4.60. The summed E-state index contributed by atoms with van der Waals surface area (Å²) in [4.78, 5) is 27.2. The predicted octanol–water partition coefficient (Wildman–Crippen LogP) is 3.05. The molecule has 4 rings (SSSR count). The van der Waals surface area contributed by atoms with Crippen molar-refractivity contribution < 1.29 is 4.79 Å². The van der Waals surface area contributed by atoms with E-state index in [9.17, 15) is 4.79 Å². The third-order valence-electron chi connectivity index (χ3n) is 4.60. The molecule has 1 fully saturated rings. The zero-order valence-corrected chi connectivity index (χ0v) is 13.8. The van der Waals surface area contributed by atoms with Crippen LogP contribution in [0.4, 0.5) is 0 Å². The Morgan fingerprint density at radius 3 is 2.71 bits per heavy atom. The number of fused-ring (bicyclic) bond motifs is 1. The quantitative estimate of drug-likeness (QED) is 0.788. The number of carbonyl (C=O) groups is 1. The standard InChI is InChI=1S/C18H21N5O/c1-13-6-11-23-14(12-13)21-15(16(23)17-19-7-8-20-17)18(24)22-9-4-2-3-5-10-22/h6-8,11-12H,2-5,9-10H2,1H3,(H,19,20). The van der Waals surface area contributed by atoms with Crippen molar-refractivity contribution in [3.8, 4) is 11.5 Å². The molecule has 0 aromatic carbocycles. The van der Waals surface area contributed by atoms with Crippen molar-refractivity contribution >= 4 is 11.6 Å². The fourth-order valence-electron chi connectivity index (χ4n) is 3.34. The molecule has 24 heavy (non-hydrogen) atoms. The second-order valence-corrected chi connectivity index (χ2v) is 6.39. The molecule has 0 radical (unpaired) electrons. The van der Waals surface area contributed by atoms with E-state index in [4.69, 9.17) is 0 Å². The van der Waals surface area contributed by atoms with Crippen LogP contribution in [-0.2, 0) is 0 Å². The van der Waals surface area contributed by atoms with Crippen LogP contribution in [-0.4, -0.2) is 43.2 Å². The number of rotatable bonds is 2. The van der Waals surface area contributed by atoms with Gasteiger partial charge in [0.15, 0.2) is 11.5 Å². The molecule has 3 aromatic heterocycles. The summed E-state index contributed by atoms with van der Waals surface area (Å²) in [5.41, 5.74) is 3.12. The largest absolute Gasteiger partial charge is 0.343 e. The number of H-pyrrole nitrogens is 1. The molecule has 0 spiro atoms. The van der Waals surface area contributed by atoms with Crippen molar-refractivity contribution in [1.29, 1.82) is 0 Å². The topological polar surface area (TPSA) is 66.3 Å². The Morgan fingerprint density at radius 2 is 2.00 bits per heavy atom. The number of carbonyl (C=O) groups excluding carboxylic acids is 1. The van der Waals surface area contributed by atoms with Gasteiger partial charge in [-0.05, 0) is 37.5 Å². The van der Waals surface area contributed by atoms with Gasteiger partial charge in [0.2, 0.25) is 0 Å². The molecule has 124 valence electrons. The number of likely N-dealkylation sites (tertiary alicyclic amines) is 1. The monoisotopic (exact) mass is 323 g/mol. The molecule has 1 saturated heterocycles. The van der Waals surface area contributed by atoms with Gasteiger partial charge in [-0.15, -0.1) is 0 Å². The van der Waals surface area contributed by atoms with E-state index in [0.717, 1.165) is 42.8 Å². The molecular weight excluding hydrogens is 302 g/mol. The predicted molar refractivity (Wildman–Crippen MR) is 91.9 cm³/mol. The minimum atomic E-state index is 0.00431. The Labute approximate surface area is 140 Å². The lowest BCUT2D eigenvalue weighted by molar-refractivity contribution is 0.0757. The number of hydrogen-bond acceptors (Lipinski definition) is 3. The van der Waals surface area contributed by atoms with Crippen molar-refractivity contribution in [2.45, 2.75) is 32.6 Å². The van der Waals surface area contributed by atoms with Crippen LogP contribution in [0.3, 0.4) is 0 Å². The van der Waals surface area contributed by atoms with Gasteiger partial charge in [0.25, 0.3) is 5.91 Å². The smallest absolute Gasteiger partial charge is 0.274 e. The highest BCUT2D eigenvalue weighted by atomic mass is 16.2. The molecule has 3 aromatic rings. The normalized spacial score (nSPS) is 15.6. The molecule has 0 bridgehead atoms. The summed E-state index contributed by atoms with van der Waals surface area (Å²) < 4.78 is 1.94. The number of aromatic amines is 1. The van der Waals surface area contributed by atoms with Gasteiger partial charge in [-0.25, -0.2) is 9.97 Å². The summed E-state index contributed by atoms with van der Waals surface area (Å²) in [6.07, 6.45) is 9.93. The summed E-state index contributed by atoms with van der Waals surface area (Å²) in [7, 11) is 0. The van der Waals surface area contributed by atoms with Gasteiger partial charge >= 0.3 is 0 Å². The number of pyridine rings is 1. The zero-order valence-electron chi connectivity index (χ0n) is 13.8. The van der Waals surface area contributed by atoms with E-state index < -0.39 is 0 Å². The number of imidazole rings is 2. The fraction of sp³-hybridized carbons (Fsp3) is 0.389. The van der Waals surface area contributed by atoms with E-state index in [1.165, 1.54) is 12.8 Å². The molecular formula is C18H21N5O. The summed E-state index contributed by atoms with van der Waals surface area (Å²) in [6.45, 7) is 3.64. The Bertz CT molecular complexity index is 857. The molecule has 6 heteroatoms. The van der Waals surface area contributed by atoms with Crippen LogP contribution in [0.1, 0.15) is 41.7 Å². The zero-order chi connectivity index (χ0) is 16.5. The number of aryl methyl sites for hydroxylation is 1. The van der Waals surface area contributed by atoms with Crippen LogP contribution in [0.5, 0.6) is 0 Å². The van der Waals surface area contributed by atoms with Crippen LogP contribution in [0, 0.1) is 6.92 Å². The highest BCUT2D eigenvalue weighted by Crippen LogP contribution is 2.25. The molecule has 1 aliphatic rings. The van der Waals surface area contributed by atoms with Gasteiger partial charge in [0.1, 0.15) is 11.3 Å². The lowest BCUT2D eigenvalue weighted by atomic mass is 10.2. The Morgan fingerprint density at radius 1 is 1.21 bits per heavy atom. The molecule has 1 aliphatic heterocycles. The van der Waals surface area contributed by atoms with Crippen molar-refractivity contribution in [2.75, 3.05) is 13.1 Å². The summed E-state index contributed by atoms with van der Waals surface area (Å²) in [5, 5.41) is 0. The Hall–Kier alpha value is -2.63.